The molecule has 5 nitrogen and oxygen atoms in total. The molecule has 1 aromatic carbocycles. The second-order valence-electron chi connectivity index (χ2n) is 8.29. The number of urea groups is 1. The second kappa shape index (κ2) is 8.63. The maximum atomic E-state index is 12.7. The van der Waals surface area contributed by atoms with Crippen molar-refractivity contribution in [2.24, 2.45) is 22.9 Å². The van der Waals surface area contributed by atoms with E-state index in [9.17, 15) is 4.79 Å². The summed E-state index contributed by atoms with van der Waals surface area (Å²) in [4.78, 5) is 12.7. The smallest absolute Gasteiger partial charge is 0.279 e. The number of nitrogens with zero attached hydrogens (tertiary/aromatic N) is 3. The molecule has 150 valence electrons. The maximum Gasteiger partial charge on any atom is 0.359 e. The van der Waals surface area contributed by atoms with E-state index in [1.165, 1.54) is 5.56 Å². The summed E-state index contributed by atoms with van der Waals surface area (Å²) < 4.78 is 0. The summed E-state index contributed by atoms with van der Waals surface area (Å²) in [5.74, 6) is 1.92. The number of benzene rings is 1. The van der Waals surface area contributed by atoms with Crippen LogP contribution in [0.4, 0.5) is 4.79 Å². The second-order valence-corrected chi connectivity index (χ2v) is 8.29. The van der Waals surface area contributed by atoms with E-state index >= 15 is 0 Å². The number of allylic oxidation sites excluding steroid dienone is 2. The summed E-state index contributed by atoms with van der Waals surface area (Å²) in [7, 11) is 0. The van der Waals surface area contributed by atoms with Crippen LogP contribution in [0.2, 0.25) is 0 Å². The highest BCUT2D eigenvalue weighted by molar-refractivity contribution is 5.91. The van der Waals surface area contributed by atoms with Crippen molar-refractivity contribution in [3.63, 3.8) is 0 Å². The average molecular weight is 381 g/mol. The van der Waals surface area contributed by atoms with E-state index in [-0.39, 0.29) is 24.0 Å². The van der Waals surface area contributed by atoms with Gasteiger partial charge in [0.25, 0.3) is 0 Å². The molecule has 3 rings (SSSR count). The van der Waals surface area contributed by atoms with E-state index in [2.05, 4.69) is 48.4 Å². The Morgan fingerprint density at radius 3 is 2.46 bits per heavy atom. The highest BCUT2D eigenvalue weighted by Gasteiger charge is 2.40. The summed E-state index contributed by atoms with van der Waals surface area (Å²) in [5, 5.41) is 7.99. The molecule has 2 aliphatic rings. The Balaban J connectivity index is 1.80. The topological polar surface area (TPSA) is 47.9 Å². The fourth-order valence-electron chi connectivity index (χ4n) is 3.96. The zero-order valence-corrected chi connectivity index (χ0v) is 17.4. The molecule has 0 bridgehead atoms. The first kappa shape index (κ1) is 20.2. The normalized spacial score (nSPS) is 25.6. The van der Waals surface area contributed by atoms with Crippen molar-refractivity contribution in [2.45, 2.75) is 52.6 Å². The molecule has 0 saturated heterocycles. The van der Waals surface area contributed by atoms with Gasteiger partial charge in [0.1, 0.15) is 5.84 Å². The van der Waals surface area contributed by atoms with Crippen molar-refractivity contribution >= 4 is 17.9 Å². The first-order chi connectivity index (χ1) is 13.4. The standard InChI is InChI=1S/C23H32N4O/c1-6-20-14-19(13-12-18-10-8-7-9-11-18)15-21(20)22-24-26(16(2)3)23(28)27(25-22)17(4)5/h6-13,16-17,19-21H,1,14-15H2,2-5H3,(H,24,25)/b13-12+. The zero-order valence-electron chi connectivity index (χ0n) is 17.4. The molecular formula is C23H32N4O. The minimum Gasteiger partial charge on any atom is -0.279 e. The molecule has 1 N–H and O–H groups in total. The number of hydrazine groups is 1. The van der Waals surface area contributed by atoms with Crippen molar-refractivity contribution in [3.05, 3.63) is 54.6 Å². The lowest BCUT2D eigenvalue weighted by atomic mass is 9.95. The minimum absolute atomic E-state index is 0.0169. The quantitative estimate of drug-likeness (QED) is 0.714. The number of hydrazone groups is 1. The molecular weight excluding hydrogens is 348 g/mol. The molecule has 28 heavy (non-hydrogen) atoms. The van der Waals surface area contributed by atoms with Crippen molar-refractivity contribution in [3.8, 4) is 0 Å². The largest absolute Gasteiger partial charge is 0.359 e. The summed E-state index contributed by atoms with van der Waals surface area (Å²) in [6.07, 6.45) is 8.60. The summed E-state index contributed by atoms with van der Waals surface area (Å²) in [6.45, 7) is 12.1. The molecule has 1 heterocycles. The van der Waals surface area contributed by atoms with Crippen LogP contribution in [-0.4, -0.2) is 34.0 Å². The molecule has 3 atom stereocenters. The highest BCUT2D eigenvalue weighted by atomic mass is 16.2. The van der Waals surface area contributed by atoms with Crippen LogP contribution < -0.4 is 5.43 Å². The van der Waals surface area contributed by atoms with Crippen LogP contribution in [0.3, 0.4) is 0 Å². The minimum atomic E-state index is -0.0950. The van der Waals surface area contributed by atoms with E-state index in [0.29, 0.717) is 11.8 Å². The van der Waals surface area contributed by atoms with Crippen molar-refractivity contribution in [2.75, 3.05) is 0 Å². The molecule has 1 saturated carbocycles. The fourth-order valence-corrected chi connectivity index (χ4v) is 3.96. The monoisotopic (exact) mass is 380 g/mol. The van der Waals surface area contributed by atoms with Gasteiger partial charge in [0.05, 0.1) is 6.04 Å². The third-order valence-corrected chi connectivity index (χ3v) is 5.52. The number of amides is 2. The number of carbonyl (C=O) groups is 1. The van der Waals surface area contributed by atoms with E-state index in [1.807, 2.05) is 39.8 Å². The van der Waals surface area contributed by atoms with E-state index < -0.39 is 0 Å². The highest BCUT2D eigenvalue weighted by Crippen LogP contribution is 2.39. The number of hydrogen-bond donors (Lipinski definition) is 1. The van der Waals surface area contributed by atoms with Crippen molar-refractivity contribution < 1.29 is 4.79 Å². The lowest BCUT2D eigenvalue weighted by Gasteiger charge is -2.39. The molecule has 3 unspecified atom stereocenters. The Morgan fingerprint density at radius 2 is 1.86 bits per heavy atom. The molecule has 0 aromatic heterocycles. The Morgan fingerprint density at radius 1 is 1.14 bits per heavy atom. The predicted molar refractivity (Wildman–Crippen MR) is 115 cm³/mol. The van der Waals surface area contributed by atoms with Gasteiger partial charge in [-0.2, -0.15) is 5.10 Å². The van der Waals surface area contributed by atoms with Gasteiger partial charge in [-0.25, -0.2) is 14.8 Å². The lowest BCUT2D eigenvalue weighted by Crippen LogP contribution is -2.61. The average Bonchev–Trinajstić information content (AvgIpc) is 3.10. The number of carbonyl (C=O) groups excluding carboxylic acids is 1. The van der Waals surface area contributed by atoms with Crippen LogP contribution in [0.25, 0.3) is 6.08 Å². The van der Waals surface area contributed by atoms with E-state index in [1.54, 1.807) is 10.0 Å². The van der Waals surface area contributed by atoms with Gasteiger partial charge in [-0.15, -0.1) is 6.58 Å². The Kier molecular flexibility index (Phi) is 6.22. The molecule has 1 aliphatic carbocycles. The number of nitrogens with one attached hydrogen (secondary N) is 1. The van der Waals surface area contributed by atoms with Gasteiger partial charge in [-0.1, -0.05) is 48.6 Å². The fraction of sp³-hybridized carbons (Fsp3) is 0.478. The third kappa shape index (κ3) is 4.29. The van der Waals surface area contributed by atoms with Crippen LogP contribution in [0, 0.1) is 17.8 Å². The molecule has 0 spiro atoms. The molecule has 2 amide bonds. The van der Waals surface area contributed by atoms with Gasteiger partial charge in [0.2, 0.25) is 0 Å². The number of rotatable bonds is 6. The zero-order chi connectivity index (χ0) is 20.3. The van der Waals surface area contributed by atoms with Crippen LogP contribution in [-0.2, 0) is 0 Å². The third-order valence-electron chi connectivity index (χ3n) is 5.52. The van der Waals surface area contributed by atoms with E-state index in [4.69, 9.17) is 5.10 Å². The SMILES string of the molecule is C=CC1CC(/C=C/c2ccccc2)CC1C1=NN(C(C)C)C(=O)N(C(C)C)N1. The summed E-state index contributed by atoms with van der Waals surface area (Å²) in [5.41, 5.74) is 4.53. The van der Waals surface area contributed by atoms with Crippen molar-refractivity contribution in [1.29, 1.82) is 0 Å². The molecule has 0 radical (unpaired) electrons. The summed E-state index contributed by atoms with van der Waals surface area (Å²) in [6, 6.07) is 10.4. The van der Waals surface area contributed by atoms with Crippen LogP contribution >= 0.6 is 0 Å². The van der Waals surface area contributed by atoms with Crippen LogP contribution in [0.5, 0.6) is 0 Å². The summed E-state index contributed by atoms with van der Waals surface area (Å²) >= 11 is 0. The first-order valence-corrected chi connectivity index (χ1v) is 10.2. The molecule has 1 aromatic rings. The van der Waals surface area contributed by atoms with Gasteiger partial charge in [0.15, 0.2) is 0 Å². The first-order valence-electron chi connectivity index (χ1n) is 10.2. The van der Waals surface area contributed by atoms with Crippen LogP contribution in [0.1, 0.15) is 46.1 Å². The number of hydrogen-bond acceptors (Lipinski definition) is 3. The Hall–Kier alpha value is -2.56. The van der Waals surface area contributed by atoms with Gasteiger partial charge >= 0.3 is 6.03 Å². The number of amidine groups is 1. The van der Waals surface area contributed by atoms with E-state index in [0.717, 1.165) is 18.7 Å². The van der Waals surface area contributed by atoms with Crippen LogP contribution in [0.15, 0.2) is 54.2 Å². The molecule has 1 aliphatic heterocycles. The Labute approximate surface area is 168 Å². The maximum absolute atomic E-state index is 12.7. The Bertz CT molecular complexity index is 753. The van der Waals surface area contributed by atoms with Gasteiger partial charge in [0, 0.05) is 12.0 Å². The molecule has 1 fully saturated rings. The van der Waals surface area contributed by atoms with Crippen molar-refractivity contribution in [1.82, 2.24) is 15.4 Å². The van der Waals surface area contributed by atoms with Gasteiger partial charge < -0.3 is 0 Å². The molecule has 5 heteroatoms. The lowest BCUT2D eigenvalue weighted by molar-refractivity contribution is 0.103. The van der Waals surface area contributed by atoms with Gasteiger partial charge in [-0.3, -0.25) is 5.43 Å². The predicted octanol–water partition coefficient (Wildman–Crippen LogP) is 4.90. The van der Waals surface area contributed by atoms with Gasteiger partial charge in [-0.05, 0) is 57.9 Å².